The third-order valence-electron chi connectivity index (χ3n) is 4.89. The summed E-state index contributed by atoms with van der Waals surface area (Å²) >= 11 is 0. The summed E-state index contributed by atoms with van der Waals surface area (Å²) in [5.41, 5.74) is 6.96. The van der Waals surface area contributed by atoms with E-state index in [-0.39, 0.29) is 11.5 Å². The normalized spacial score (nSPS) is 10.8. The van der Waals surface area contributed by atoms with E-state index < -0.39 is 0 Å². The van der Waals surface area contributed by atoms with Crippen molar-refractivity contribution in [2.75, 3.05) is 0 Å². The van der Waals surface area contributed by atoms with Crippen LogP contribution >= 0.6 is 0 Å². The summed E-state index contributed by atoms with van der Waals surface area (Å²) in [5, 5.41) is 19.4. The molecular weight excluding hydrogens is 332 g/mol. The van der Waals surface area contributed by atoms with E-state index in [4.69, 9.17) is 0 Å². The molecule has 0 aromatic heterocycles. The highest BCUT2D eigenvalue weighted by Crippen LogP contribution is 2.35. The molecule has 2 nitrogen and oxygen atoms in total. The minimum Gasteiger partial charge on any atom is -0.508 e. The largest absolute Gasteiger partial charge is 0.508 e. The minimum absolute atomic E-state index is 0.253. The van der Waals surface area contributed by atoms with Gasteiger partial charge in [0.25, 0.3) is 0 Å². The zero-order chi connectivity index (χ0) is 19.4. The zero-order valence-corrected chi connectivity index (χ0v) is 16.1. The number of rotatable bonds is 5. The van der Waals surface area contributed by atoms with Gasteiger partial charge in [0.15, 0.2) is 0 Å². The molecule has 0 aliphatic rings. The molecule has 138 valence electrons. The molecule has 0 saturated carbocycles. The van der Waals surface area contributed by atoms with Crippen LogP contribution < -0.4 is 0 Å². The average molecular weight is 358 g/mol. The van der Waals surface area contributed by atoms with Gasteiger partial charge < -0.3 is 10.2 Å². The first-order valence-corrected chi connectivity index (χ1v) is 9.42. The lowest BCUT2D eigenvalue weighted by molar-refractivity contribution is 0.475. The molecule has 0 spiro atoms. The van der Waals surface area contributed by atoms with Crippen LogP contribution in [0, 0.1) is 0 Å². The number of aromatic hydroxyl groups is 2. The van der Waals surface area contributed by atoms with Crippen molar-refractivity contribution in [3.8, 4) is 11.5 Å². The fourth-order valence-corrected chi connectivity index (χ4v) is 3.37. The molecule has 3 aromatic rings. The molecule has 0 fully saturated rings. The van der Waals surface area contributed by atoms with E-state index in [1.165, 1.54) is 16.7 Å². The Kier molecular flexibility index (Phi) is 5.66. The summed E-state index contributed by atoms with van der Waals surface area (Å²) < 4.78 is 0. The van der Waals surface area contributed by atoms with E-state index in [9.17, 15) is 10.2 Å². The van der Waals surface area contributed by atoms with Gasteiger partial charge in [0.05, 0.1) is 0 Å². The first-order chi connectivity index (χ1) is 13.0. The predicted molar refractivity (Wildman–Crippen MR) is 113 cm³/mol. The molecule has 2 heteroatoms. The molecule has 0 heterocycles. The van der Waals surface area contributed by atoms with E-state index >= 15 is 0 Å². The Bertz CT molecular complexity index is 868. The van der Waals surface area contributed by atoms with Crippen LogP contribution in [0.25, 0.3) is 11.1 Å². The van der Waals surface area contributed by atoms with Gasteiger partial charge in [-0.3, -0.25) is 0 Å². The van der Waals surface area contributed by atoms with E-state index in [0.29, 0.717) is 5.92 Å². The second kappa shape index (κ2) is 8.13. The second-order valence-corrected chi connectivity index (χ2v) is 7.08. The van der Waals surface area contributed by atoms with E-state index in [0.717, 1.165) is 23.1 Å². The molecule has 0 saturated heterocycles. The van der Waals surface area contributed by atoms with Gasteiger partial charge in [0.1, 0.15) is 11.5 Å². The molecule has 0 atom stereocenters. The van der Waals surface area contributed by atoms with Crippen molar-refractivity contribution >= 4 is 11.1 Å². The number of benzene rings is 3. The van der Waals surface area contributed by atoms with Crippen molar-refractivity contribution in [1.29, 1.82) is 0 Å². The van der Waals surface area contributed by atoms with Crippen molar-refractivity contribution in [3.63, 3.8) is 0 Å². The first-order valence-electron chi connectivity index (χ1n) is 9.42. The number of allylic oxidation sites excluding steroid dienone is 1. The van der Waals surface area contributed by atoms with Gasteiger partial charge in [-0.2, -0.15) is 0 Å². The number of phenolic OH excluding ortho intramolecular Hbond substituents is 2. The Balaban J connectivity index is 2.21. The van der Waals surface area contributed by atoms with Crippen LogP contribution in [0.4, 0.5) is 0 Å². The fourth-order valence-electron chi connectivity index (χ4n) is 3.37. The standard InChI is InChI=1S/C25H26O2/c1-4-24(19-7-5-18(6-8-19)17(2)3)25(20-9-13-22(26)14-10-20)21-11-15-23(27)16-12-21/h5-17,26-27H,4H2,1-3H3. The van der Waals surface area contributed by atoms with Crippen molar-refractivity contribution in [2.24, 2.45) is 0 Å². The first kappa shape index (κ1) is 18.8. The molecule has 27 heavy (non-hydrogen) atoms. The van der Waals surface area contributed by atoms with Crippen LogP contribution in [0.15, 0.2) is 72.8 Å². The van der Waals surface area contributed by atoms with Crippen LogP contribution in [0.5, 0.6) is 11.5 Å². The van der Waals surface area contributed by atoms with E-state index in [1.807, 2.05) is 24.3 Å². The van der Waals surface area contributed by atoms with Crippen molar-refractivity contribution < 1.29 is 10.2 Å². The third-order valence-corrected chi connectivity index (χ3v) is 4.89. The highest BCUT2D eigenvalue weighted by molar-refractivity contribution is 5.98. The predicted octanol–water partition coefficient (Wildman–Crippen LogP) is 6.59. The molecule has 0 amide bonds. The van der Waals surface area contributed by atoms with Gasteiger partial charge in [0, 0.05) is 0 Å². The summed E-state index contributed by atoms with van der Waals surface area (Å²) in [4.78, 5) is 0. The smallest absolute Gasteiger partial charge is 0.115 e. The maximum atomic E-state index is 9.69. The molecular formula is C25H26O2. The topological polar surface area (TPSA) is 40.5 Å². The highest BCUT2D eigenvalue weighted by atomic mass is 16.3. The highest BCUT2D eigenvalue weighted by Gasteiger charge is 2.13. The Labute approximate surface area is 161 Å². The summed E-state index contributed by atoms with van der Waals surface area (Å²) in [5.74, 6) is 1.01. The van der Waals surface area contributed by atoms with Crippen molar-refractivity contribution in [1.82, 2.24) is 0 Å². The van der Waals surface area contributed by atoms with Gasteiger partial charge in [-0.15, -0.1) is 0 Å². The summed E-state index contributed by atoms with van der Waals surface area (Å²) in [6, 6.07) is 23.4. The molecule has 3 rings (SSSR count). The van der Waals surface area contributed by atoms with Gasteiger partial charge in [-0.25, -0.2) is 0 Å². The third kappa shape index (κ3) is 4.22. The Morgan fingerprint density at radius 2 is 1.07 bits per heavy atom. The average Bonchev–Trinajstić information content (AvgIpc) is 2.68. The Morgan fingerprint density at radius 1 is 0.667 bits per heavy atom. The quantitative estimate of drug-likeness (QED) is 0.505. The molecule has 0 aliphatic heterocycles. The van der Waals surface area contributed by atoms with Gasteiger partial charge in [-0.05, 0) is 70.0 Å². The second-order valence-electron chi connectivity index (χ2n) is 7.08. The van der Waals surface area contributed by atoms with Gasteiger partial charge in [-0.1, -0.05) is 69.3 Å². The number of hydrogen-bond donors (Lipinski definition) is 2. The maximum Gasteiger partial charge on any atom is 0.115 e. The molecule has 0 aliphatic carbocycles. The molecule has 0 bridgehead atoms. The van der Waals surface area contributed by atoms with Gasteiger partial charge in [0.2, 0.25) is 0 Å². The lowest BCUT2D eigenvalue weighted by atomic mass is 9.87. The lowest BCUT2D eigenvalue weighted by Crippen LogP contribution is -1.96. The zero-order valence-electron chi connectivity index (χ0n) is 16.1. The van der Waals surface area contributed by atoms with Crippen LogP contribution in [0.1, 0.15) is 55.4 Å². The summed E-state index contributed by atoms with van der Waals surface area (Å²) in [7, 11) is 0. The van der Waals surface area contributed by atoms with Crippen LogP contribution in [-0.4, -0.2) is 10.2 Å². The van der Waals surface area contributed by atoms with Crippen molar-refractivity contribution in [2.45, 2.75) is 33.1 Å². The van der Waals surface area contributed by atoms with Crippen LogP contribution in [0.3, 0.4) is 0 Å². The maximum absolute atomic E-state index is 9.69. The lowest BCUT2D eigenvalue weighted by Gasteiger charge is -2.17. The van der Waals surface area contributed by atoms with E-state index in [2.05, 4.69) is 45.0 Å². The Hall–Kier alpha value is -3.00. The number of hydrogen-bond acceptors (Lipinski definition) is 2. The molecule has 0 radical (unpaired) electrons. The van der Waals surface area contributed by atoms with Crippen LogP contribution in [-0.2, 0) is 0 Å². The molecule has 2 N–H and O–H groups in total. The fraction of sp³-hybridized carbons (Fsp3) is 0.200. The SMILES string of the molecule is CCC(=C(c1ccc(O)cc1)c1ccc(O)cc1)c1ccc(C(C)C)cc1. The molecule has 0 unspecified atom stereocenters. The Morgan fingerprint density at radius 3 is 1.44 bits per heavy atom. The summed E-state index contributed by atoms with van der Waals surface area (Å²) in [6.07, 6.45) is 0.873. The minimum atomic E-state index is 0.253. The van der Waals surface area contributed by atoms with Gasteiger partial charge >= 0.3 is 0 Å². The number of phenols is 2. The van der Waals surface area contributed by atoms with E-state index in [1.54, 1.807) is 24.3 Å². The monoisotopic (exact) mass is 358 g/mol. The van der Waals surface area contributed by atoms with Crippen molar-refractivity contribution in [3.05, 3.63) is 95.1 Å². The van der Waals surface area contributed by atoms with Crippen LogP contribution in [0.2, 0.25) is 0 Å². The summed E-state index contributed by atoms with van der Waals surface area (Å²) in [6.45, 7) is 6.56. The molecule has 3 aromatic carbocycles.